The zero-order valence-electron chi connectivity index (χ0n) is 15.6. The van der Waals surface area contributed by atoms with Crippen LogP contribution in [0.5, 0.6) is 5.75 Å². The average Bonchev–Trinajstić information content (AvgIpc) is 2.67. The van der Waals surface area contributed by atoms with Crippen molar-refractivity contribution in [3.8, 4) is 16.9 Å². The molecule has 1 aromatic carbocycles. The van der Waals surface area contributed by atoms with Crippen LogP contribution in [0.1, 0.15) is 30.1 Å². The van der Waals surface area contributed by atoms with Crippen molar-refractivity contribution in [1.82, 2.24) is 9.88 Å². The number of carbonyl (C=O) groups is 1. The molecule has 1 aromatic heterocycles. The minimum absolute atomic E-state index is 0. The molecule has 1 fully saturated rings. The van der Waals surface area contributed by atoms with E-state index in [2.05, 4.69) is 4.98 Å². The van der Waals surface area contributed by atoms with Crippen LogP contribution in [-0.4, -0.2) is 42.0 Å². The SMILES string of the molecule is COc1ccc(-c2cncc(C(=O)N3CCC(C(C)N)CC3)c2)cc1.Cl.Cl. The van der Waals surface area contributed by atoms with Crippen molar-refractivity contribution < 1.29 is 9.53 Å². The van der Waals surface area contributed by atoms with Gasteiger partial charge in [-0.05, 0) is 49.4 Å². The summed E-state index contributed by atoms with van der Waals surface area (Å²) in [5.74, 6) is 1.36. The van der Waals surface area contributed by atoms with E-state index in [0.717, 1.165) is 42.8 Å². The lowest BCUT2D eigenvalue weighted by Crippen LogP contribution is -2.42. The zero-order valence-corrected chi connectivity index (χ0v) is 17.3. The molecular formula is C20H27Cl2N3O2. The number of rotatable bonds is 4. The van der Waals surface area contributed by atoms with Crippen molar-refractivity contribution in [2.45, 2.75) is 25.8 Å². The third kappa shape index (κ3) is 5.58. The van der Waals surface area contributed by atoms with Gasteiger partial charge in [-0.15, -0.1) is 24.8 Å². The van der Waals surface area contributed by atoms with Gasteiger partial charge in [0.1, 0.15) is 5.75 Å². The predicted octanol–water partition coefficient (Wildman–Crippen LogP) is 3.80. The molecule has 0 spiro atoms. The Balaban J connectivity index is 0.00000182. The maximum atomic E-state index is 12.8. The Morgan fingerprint density at radius 3 is 2.33 bits per heavy atom. The second kappa shape index (κ2) is 10.5. The van der Waals surface area contributed by atoms with E-state index in [-0.39, 0.29) is 36.8 Å². The molecular weight excluding hydrogens is 385 g/mol. The van der Waals surface area contributed by atoms with Crippen molar-refractivity contribution in [3.05, 3.63) is 48.3 Å². The molecule has 3 rings (SSSR count). The first-order valence-corrected chi connectivity index (χ1v) is 8.73. The first kappa shape index (κ1) is 23.2. The molecule has 148 valence electrons. The monoisotopic (exact) mass is 411 g/mol. The molecule has 1 atom stereocenters. The quantitative estimate of drug-likeness (QED) is 0.830. The maximum Gasteiger partial charge on any atom is 0.255 e. The summed E-state index contributed by atoms with van der Waals surface area (Å²) >= 11 is 0. The van der Waals surface area contributed by atoms with Crippen molar-refractivity contribution in [1.29, 1.82) is 0 Å². The smallest absolute Gasteiger partial charge is 0.255 e. The summed E-state index contributed by atoms with van der Waals surface area (Å²) in [5.41, 5.74) is 8.56. The molecule has 0 radical (unpaired) electrons. The molecule has 2 N–H and O–H groups in total. The van der Waals surface area contributed by atoms with Crippen molar-refractivity contribution in [2.75, 3.05) is 20.2 Å². The van der Waals surface area contributed by atoms with Crippen LogP contribution in [0.15, 0.2) is 42.7 Å². The molecule has 5 nitrogen and oxygen atoms in total. The number of ether oxygens (including phenoxy) is 1. The minimum atomic E-state index is 0. The first-order chi connectivity index (χ1) is 12.1. The second-order valence-corrected chi connectivity index (χ2v) is 6.68. The summed E-state index contributed by atoms with van der Waals surface area (Å²) in [6.07, 6.45) is 5.36. The number of carbonyl (C=O) groups excluding carboxylic acids is 1. The van der Waals surface area contributed by atoms with E-state index in [1.165, 1.54) is 0 Å². The number of likely N-dealkylation sites (tertiary alicyclic amines) is 1. The van der Waals surface area contributed by atoms with E-state index in [1.54, 1.807) is 19.5 Å². The van der Waals surface area contributed by atoms with Crippen LogP contribution in [0, 0.1) is 5.92 Å². The Morgan fingerprint density at radius 1 is 1.15 bits per heavy atom. The molecule has 1 unspecified atom stereocenters. The highest BCUT2D eigenvalue weighted by Crippen LogP contribution is 2.24. The number of nitrogens with two attached hydrogens (primary N) is 1. The van der Waals surface area contributed by atoms with Crippen LogP contribution in [0.3, 0.4) is 0 Å². The Morgan fingerprint density at radius 2 is 1.78 bits per heavy atom. The van der Waals surface area contributed by atoms with Gasteiger partial charge in [-0.3, -0.25) is 9.78 Å². The molecule has 2 aromatic rings. The lowest BCUT2D eigenvalue weighted by molar-refractivity contribution is 0.0680. The van der Waals surface area contributed by atoms with Crippen molar-refractivity contribution >= 4 is 30.7 Å². The molecule has 0 saturated carbocycles. The van der Waals surface area contributed by atoms with Gasteiger partial charge in [0.2, 0.25) is 0 Å². The summed E-state index contributed by atoms with van der Waals surface area (Å²) in [6, 6.07) is 9.86. The van der Waals surface area contributed by atoms with Gasteiger partial charge in [-0.25, -0.2) is 0 Å². The minimum Gasteiger partial charge on any atom is -0.497 e. The number of halogens is 2. The van der Waals surface area contributed by atoms with Crippen LogP contribution in [0.4, 0.5) is 0 Å². The molecule has 7 heteroatoms. The predicted molar refractivity (Wildman–Crippen MR) is 113 cm³/mol. The number of aromatic nitrogens is 1. The zero-order chi connectivity index (χ0) is 17.8. The Bertz CT molecular complexity index is 730. The number of nitrogens with zero attached hydrogens (tertiary/aromatic N) is 2. The van der Waals surface area contributed by atoms with Crippen LogP contribution < -0.4 is 10.5 Å². The highest BCUT2D eigenvalue weighted by atomic mass is 35.5. The fourth-order valence-corrected chi connectivity index (χ4v) is 3.31. The summed E-state index contributed by atoms with van der Waals surface area (Å²) in [6.45, 7) is 3.57. The molecule has 0 aliphatic carbocycles. The molecule has 2 heterocycles. The van der Waals surface area contributed by atoms with Crippen LogP contribution >= 0.6 is 24.8 Å². The van der Waals surface area contributed by atoms with Crippen molar-refractivity contribution in [3.63, 3.8) is 0 Å². The van der Waals surface area contributed by atoms with Gasteiger partial charge in [0.05, 0.1) is 12.7 Å². The fourth-order valence-electron chi connectivity index (χ4n) is 3.31. The van der Waals surface area contributed by atoms with E-state index in [4.69, 9.17) is 10.5 Å². The van der Waals surface area contributed by atoms with E-state index >= 15 is 0 Å². The van der Waals surface area contributed by atoms with Gasteiger partial charge in [0.15, 0.2) is 0 Å². The third-order valence-electron chi connectivity index (χ3n) is 4.98. The van der Waals surface area contributed by atoms with Gasteiger partial charge in [-0.2, -0.15) is 0 Å². The number of pyridine rings is 1. The summed E-state index contributed by atoms with van der Waals surface area (Å²) in [4.78, 5) is 19.0. The summed E-state index contributed by atoms with van der Waals surface area (Å²) in [5, 5.41) is 0. The van der Waals surface area contributed by atoms with Crippen LogP contribution in [-0.2, 0) is 0 Å². The summed E-state index contributed by atoms with van der Waals surface area (Å²) < 4.78 is 5.19. The molecule has 1 saturated heterocycles. The molecule has 1 aliphatic rings. The van der Waals surface area contributed by atoms with E-state index < -0.39 is 0 Å². The van der Waals surface area contributed by atoms with E-state index in [9.17, 15) is 4.79 Å². The number of hydrogen-bond donors (Lipinski definition) is 1. The molecule has 27 heavy (non-hydrogen) atoms. The fraction of sp³-hybridized carbons (Fsp3) is 0.400. The number of piperidine rings is 1. The lowest BCUT2D eigenvalue weighted by atomic mass is 9.90. The van der Waals surface area contributed by atoms with Crippen molar-refractivity contribution in [2.24, 2.45) is 11.7 Å². The van der Waals surface area contributed by atoms with Gasteiger partial charge in [0, 0.05) is 37.1 Å². The van der Waals surface area contributed by atoms with Gasteiger partial charge in [-0.1, -0.05) is 12.1 Å². The Labute approximate surface area is 173 Å². The lowest BCUT2D eigenvalue weighted by Gasteiger charge is -2.33. The standard InChI is InChI=1S/C20H25N3O2.2ClH/c1-14(21)15-7-9-23(10-8-15)20(24)18-11-17(12-22-13-18)16-3-5-19(25-2)6-4-16;;/h3-6,11-15H,7-10,21H2,1-2H3;2*1H. The first-order valence-electron chi connectivity index (χ1n) is 8.73. The largest absolute Gasteiger partial charge is 0.497 e. The molecule has 1 aliphatic heterocycles. The molecule has 0 bridgehead atoms. The number of methoxy groups -OCH3 is 1. The van der Waals surface area contributed by atoms with Gasteiger partial charge < -0.3 is 15.4 Å². The number of hydrogen-bond acceptors (Lipinski definition) is 4. The van der Waals surface area contributed by atoms with E-state index in [0.29, 0.717) is 11.5 Å². The third-order valence-corrected chi connectivity index (χ3v) is 4.98. The maximum absolute atomic E-state index is 12.8. The highest BCUT2D eigenvalue weighted by molar-refractivity contribution is 5.95. The Kier molecular flexibility index (Phi) is 9.03. The Hall–Kier alpha value is -1.82. The topological polar surface area (TPSA) is 68.5 Å². The van der Waals surface area contributed by atoms with Gasteiger partial charge in [0.25, 0.3) is 5.91 Å². The van der Waals surface area contributed by atoms with Crippen LogP contribution in [0.25, 0.3) is 11.1 Å². The van der Waals surface area contributed by atoms with Gasteiger partial charge >= 0.3 is 0 Å². The number of amides is 1. The normalized spacial score (nSPS) is 15.3. The number of benzene rings is 1. The molecule has 1 amide bonds. The highest BCUT2D eigenvalue weighted by Gasteiger charge is 2.25. The average molecular weight is 412 g/mol. The van der Waals surface area contributed by atoms with E-state index in [1.807, 2.05) is 42.2 Å². The second-order valence-electron chi connectivity index (χ2n) is 6.68. The van der Waals surface area contributed by atoms with Crippen LogP contribution in [0.2, 0.25) is 0 Å². The summed E-state index contributed by atoms with van der Waals surface area (Å²) in [7, 11) is 1.64.